The highest BCUT2D eigenvalue weighted by Gasteiger charge is 1.96. The monoisotopic (exact) mass is 134 g/mol. The minimum absolute atomic E-state index is 0.103. The van der Waals surface area contributed by atoms with Gasteiger partial charge in [0.1, 0.15) is 6.23 Å². The summed E-state index contributed by atoms with van der Waals surface area (Å²) < 4.78 is 0. The third-order valence-corrected chi connectivity index (χ3v) is 0.630. The number of aliphatic hydroxyl groups excluding tert-OH is 1. The zero-order valence-electron chi connectivity index (χ0n) is 4.87. The lowest BCUT2D eigenvalue weighted by molar-refractivity contribution is -0.136. The molecule has 0 spiro atoms. The maximum Gasteiger partial charge on any atom is 0.317 e. The van der Waals surface area contributed by atoms with Crippen LogP contribution in [0.1, 0.15) is 0 Å². The van der Waals surface area contributed by atoms with Crippen molar-refractivity contribution in [3.05, 3.63) is 0 Å². The van der Waals surface area contributed by atoms with E-state index < -0.39 is 12.2 Å². The van der Waals surface area contributed by atoms with E-state index in [-0.39, 0.29) is 13.1 Å². The highest BCUT2D eigenvalue weighted by Crippen LogP contribution is 1.64. The number of aliphatic carboxylic acids is 1. The quantitative estimate of drug-likeness (QED) is 0.331. The molecule has 0 saturated carbocycles. The van der Waals surface area contributed by atoms with E-state index in [1.54, 1.807) is 0 Å². The summed E-state index contributed by atoms with van der Waals surface area (Å²) in [6, 6.07) is 0. The highest BCUT2D eigenvalue weighted by molar-refractivity contribution is 5.68. The molecule has 0 aromatic carbocycles. The SMILES string of the molecule is NC(O)CNCC(=O)O. The Kier molecular flexibility index (Phi) is 3.94. The first-order valence-electron chi connectivity index (χ1n) is 2.49. The fourth-order valence-corrected chi connectivity index (χ4v) is 0.327. The number of carboxylic acid groups (broad SMARTS) is 1. The molecule has 1 unspecified atom stereocenters. The van der Waals surface area contributed by atoms with Gasteiger partial charge in [0.2, 0.25) is 0 Å². The van der Waals surface area contributed by atoms with Crippen molar-refractivity contribution in [1.82, 2.24) is 5.32 Å². The van der Waals surface area contributed by atoms with Gasteiger partial charge in [0, 0.05) is 6.54 Å². The van der Waals surface area contributed by atoms with Crippen molar-refractivity contribution in [2.45, 2.75) is 6.23 Å². The molecule has 5 nitrogen and oxygen atoms in total. The molecular formula is C4H10N2O3. The minimum Gasteiger partial charge on any atom is -0.480 e. The van der Waals surface area contributed by atoms with Crippen LogP contribution in [0.25, 0.3) is 0 Å². The summed E-state index contributed by atoms with van der Waals surface area (Å²) in [7, 11) is 0. The first kappa shape index (κ1) is 8.35. The lowest BCUT2D eigenvalue weighted by atomic mass is 10.5. The Hall–Kier alpha value is -0.650. The van der Waals surface area contributed by atoms with Gasteiger partial charge in [-0.25, -0.2) is 0 Å². The van der Waals surface area contributed by atoms with Crippen LogP contribution in [0, 0.1) is 0 Å². The van der Waals surface area contributed by atoms with Crippen LogP contribution in [-0.4, -0.2) is 35.5 Å². The van der Waals surface area contributed by atoms with E-state index in [0.717, 1.165) is 0 Å². The molecule has 0 rings (SSSR count). The number of hydrogen-bond acceptors (Lipinski definition) is 4. The molecule has 0 aliphatic rings. The molecule has 0 fully saturated rings. The molecule has 1 atom stereocenters. The van der Waals surface area contributed by atoms with Crippen LogP contribution in [0.3, 0.4) is 0 Å². The van der Waals surface area contributed by atoms with Crippen LogP contribution in [0.2, 0.25) is 0 Å². The molecule has 9 heavy (non-hydrogen) atoms. The average molecular weight is 134 g/mol. The summed E-state index contributed by atoms with van der Waals surface area (Å²) in [5.74, 6) is -0.962. The predicted molar refractivity (Wildman–Crippen MR) is 30.7 cm³/mol. The van der Waals surface area contributed by atoms with Crippen LogP contribution in [0.4, 0.5) is 0 Å². The summed E-state index contributed by atoms with van der Waals surface area (Å²) in [6.07, 6.45) is -0.982. The molecule has 0 bridgehead atoms. The van der Waals surface area contributed by atoms with Crippen molar-refractivity contribution in [3.8, 4) is 0 Å². The summed E-state index contributed by atoms with van der Waals surface area (Å²) >= 11 is 0. The number of carboxylic acids is 1. The highest BCUT2D eigenvalue weighted by atomic mass is 16.4. The van der Waals surface area contributed by atoms with Gasteiger partial charge in [-0.15, -0.1) is 0 Å². The number of nitrogens with one attached hydrogen (secondary N) is 1. The van der Waals surface area contributed by atoms with E-state index in [9.17, 15) is 4.79 Å². The molecule has 0 radical (unpaired) electrons. The van der Waals surface area contributed by atoms with E-state index in [1.165, 1.54) is 0 Å². The molecule has 0 aliphatic carbocycles. The van der Waals surface area contributed by atoms with E-state index in [2.05, 4.69) is 5.32 Å². The van der Waals surface area contributed by atoms with Crippen LogP contribution in [0.5, 0.6) is 0 Å². The van der Waals surface area contributed by atoms with E-state index in [0.29, 0.717) is 0 Å². The Morgan fingerprint density at radius 1 is 1.78 bits per heavy atom. The van der Waals surface area contributed by atoms with Crippen LogP contribution in [0.15, 0.2) is 0 Å². The summed E-state index contributed by atoms with van der Waals surface area (Å²) in [4.78, 5) is 9.80. The predicted octanol–water partition coefficient (Wildman–Crippen LogP) is -2.06. The first-order valence-corrected chi connectivity index (χ1v) is 2.49. The van der Waals surface area contributed by atoms with E-state index >= 15 is 0 Å². The Balaban J connectivity index is 3.01. The Bertz CT molecular complexity index is 93.8. The fraction of sp³-hybridized carbons (Fsp3) is 0.750. The molecule has 0 aliphatic heterocycles. The molecule has 0 aromatic heterocycles. The summed E-state index contributed by atoms with van der Waals surface area (Å²) in [6.45, 7) is -0.0689. The van der Waals surface area contributed by atoms with Crippen LogP contribution < -0.4 is 11.1 Å². The summed E-state index contributed by atoms with van der Waals surface area (Å²) in [5.41, 5.74) is 4.88. The van der Waals surface area contributed by atoms with E-state index in [4.69, 9.17) is 15.9 Å². The average Bonchev–Trinajstić information content (AvgIpc) is 1.63. The van der Waals surface area contributed by atoms with Gasteiger partial charge < -0.3 is 21.3 Å². The standard InChI is InChI=1S/C4H10N2O3/c5-3(7)1-6-2-4(8)9/h3,6-7H,1-2,5H2,(H,8,9). The number of aliphatic hydroxyl groups is 1. The maximum absolute atomic E-state index is 9.80. The lowest BCUT2D eigenvalue weighted by Crippen LogP contribution is -2.35. The topological polar surface area (TPSA) is 95.6 Å². The van der Waals surface area contributed by atoms with Crippen molar-refractivity contribution in [2.24, 2.45) is 5.73 Å². The molecule has 54 valence electrons. The normalized spacial score (nSPS) is 13.1. The van der Waals surface area contributed by atoms with Crippen molar-refractivity contribution in [3.63, 3.8) is 0 Å². The Labute approximate surface area is 52.5 Å². The largest absolute Gasteiger partial charge is 0.480 e. The maximum atomic E-state index is 9.80. The zero-order valence-corrected chi connectivity index (χ0v) is 4.87. The number of rotatable bonds is 4. The van der Waals surface area contributed by atoms with Gasteiger partial charge in [0.25, 0.3) is 0 Å². The Morgan fingerprint density at radius 3 is 2.67 bits per heavy atom. The molecule has 5 heteroatoms. The van der Waals surface area contributed by atoms with Crippen molar-refractivity contribution in [1.29, 1.82) is 0 Å². The zero-order chi connectivity index (χ0) is 7.28. The molecule has 5 N–H and O–H groups in total. The van der Waals surface area contributed by atoms with Gasteiger partial charge in [-0.05, 0) is 0 Å². The van der Waals surface area contributed by atoms with Gasteiger partial charge in [0.05, 0.1) is 6.54 Å². The number of hydrogen-bond donors (Lipinski definition) is 4. The third kappa shape index (κ3) is 7.35. The van der Waals surface area contributed by atoms with Crippen LogP contribution in [-0.2, 0) is 4.79 Å². The smallest absolute Gasteiger partial charge is 0.317 e. The van der Waals surface area contributed by atoms with Crippen molar-refractivity contribution >= 4 is 5.97 Å². The second-order valence-electron chi connectivity index (χ2n) is 1.59. The molecule has 0 heterocycles. The van der Waals surface area contributed by atoms with Crippen LogP contribution >= 0.6 is 0 Å². The van der Waals surface area contributed by atoms with Gasteiger partial charge in [-0.1, -0.05) is 0 Å². The first-order chi connectivity index (χ1) is 4.13. The second-order valence-corrected chi connectivity index (χ2v) is 1.59. The van der Waals surface area contributed by atoms with Gasteiger partial charge in [-0.3, -0.25) is 4.79 Å². The Morgan fingerprint density at radius 2 is 2.33 bits per heavy atom. The van der Waals surface area contributed by atoms with Gasteiger partial charge >= 0.3 is 5.97 Å². The summed E-state index contributed by atoms with van der Waals surface area (Å²) in [5, 5.41) is 18.8. The molecule has 0 amide bonds. The van der Waals surface area contributed by atoms with Gasteiger partial charge in [-0.2, -0.15) is 0 Å². The number of carbonyl (C=O) groups is 1. The molecular weight excluding hydrogens is 124 g/mol. The van der Waals surface area contributed by atoms with E-state index in [1.807, 2.05) is 0 Å². The second kappa shape index (κ2) is 4.25. The van der Waals surface area contributed by atoms with Crippen molar-refractivity contribution in [2.75, 3.05) is 13.1 Å². The lowest BCUT2D eigenvalue weighted by Gasteiger charge is -2.02. The minimum atomic E-state index is -0.982. The molecule has 0 aromatic rings. The third-order valence-electron chi connectivity index (χ3n) is 0.630. The van der Waals surface area contributed by atoms with Gasteiger partial charge in [0.15, 0.2) is 0 Å². The van der Waals surface area contributed by atoms with Crippen molar-refractivity contribution < 1.29 is 15.0 Å². The number of nitrogens with two attached hydrogens (primary N) is 1. The molecule has 0 saturated heterocycles. The fourth-order valence-electron chi connectivity index (χ4n) is 0.327.